The van der Waals surface area contributed by atoms with Crippen LogP contribution in [0.3, 0.4) is 0 Å². The summed E-state index contributed by atoms with van der Waals surface area (Å²) in [6, 6.07) is 16.9. The van der Waals surface area contributed by atoms with Crippen LogP contribution in [-0.2, 0) is 4.79 Å². The van der Waals surface area contributed by atoms with E-state index in [0.29, 0.717) is 23.5 Å². The maximum atomic E-state index is 12.1. The molecule has 30 heavy (non-hydrogen) atoms. The summed E-state index contributed by atoms with van der Waals surface area (Å²) in [4.78, 5) is 27.8. The number of rotatable bonds is 6. The topological polar surface area (TPSA) is 76.4 Å². The van der Waals surface area contributed by atoms with Gasteiger partial charge in [0.15, 0.2) is 5.65 Å². The number of hydrogen-bond acceptors (Lipinski definition) is 4. The smallest absolute Gasteiger partial charge is 0.224 e. The Kier molecular flexibility index (Phi) is 5.39. The van der Waals surface area contributed by atoms with Crippen LogP contribution in [0.4, 0.5) is 5.69 Å². The number of anilines is 1. The maximum Gasteiger partial charge on any atom is 0.224 e. The van der Waals surface area contributed by atoms with Crippen molar-refractivity contribution in [2.75, 3.05) is 5.32 Å². The number of aldehydes is 1. The van der Waals surface area contributed by atoms with Gasteiger partial charge in [0.1, 0.15) is 6.29 Å². The summed E-state index contributed by atoms with van der Waals surface area (Å²) in [6.07, 6.45) is 4.80. The lowest BCUT2D eigenvalue weighted by atomic mass is 10.1. The first-order valence-electron chi connectivity index (χ1n) is 9.84. The number of fused-ring (bicyclic) bond motifs is 1. The van der Waals surface area contributed by atoms with Crippen LogP contribution in [0.25, 0.3) is 28.0 Å². The van der Waals surface area contributed by atoms with Crippen molar-refractivity contribution < 1.29 is 9.59 Å². The SMILES string of the molecule is CC(C)CC(=O)Nc1cccc(-c2ccnc3c(-c4cccc(C=O)c4)cnn23)c1. The van der Waals surface area contributed by atoms with Gasteiger partial charge in [-0.3, -0.25) is 9.59 Å². The van der Waals surface area contributed by atoms with Gasteiger partial charge in [0.25, 0.3) is 0 Å². The molecule has 0 unspecified atom stereocenters. The summed E-state index contributed by atoms with van der Waals surface area (Å²) in [5.74, 6) is 0.298. The van der Waals surface area contributed by atoms with Crippen molar-refractivity contribution in [1.82, 2.24) is 14.6 Å². The zero-order valence-corrected chi connectivity index (χ0v) is 16.9. The molecule has 0 aliphatic rings. The average molecular weight is 398 g/mol. The fraction of sp³-hybridized carbons (Fsp3) is 0.167. The van der Waals surface area contributed by atoms with Gasteiger partial charge >= 0.3 is 0 Å². The Labute approximate surface area is 174 Å². The minimum Gasteiger partial charge on any atom is -0.326 e. The Balaban J connectivity index is 1.72. The van der Waals surface area contributed by atoms with Crippen LogP contribution in [0.5, 0.6) is 0 Å². The molecule has 2 aromatic heterocycles. The molecular formula is C24H22N4O2. The van der Waals surface area contributed by atoms with Gasteiger partial charge in [-0.2, -0.15) is 5.10 Å². The van der Waals surface area contributed by atoms with Crippen LogP contribution in [0.15, 0.2) is 67.0 Å². The number of carbonyl (C=O) groups is 2. The van der Waals surface area contributed by atoms with E-state index in [0.717, 1.165) is 34.4 Å². The zero-order chi connectivity index (χ0) is 21.1. The first-order chi connectivity index (χ1) is 14.5. The van der Waals surface area contributed by atoms with E-state index in [2.05, 4.69) is 15.4 Å². The fourth-order valence-corrected chi connectivity index (χ4v) is 3.43. The van der Waals surface area contributed by atoms with Gasteiger partial charge in [0, 0.05) is 35.0 Å². The molecule has 0 saturated carbocycles. The molecule has 0 aliphatic heterocycles. The van der Waals surface area contributed by atoms with Gasteiger partial charge in [-0.05, 0) is 35.7 Å². The number of hydrogen-bond donors (Lipinski definition) is 1. The summed E-state index contributed by atoms with van der Waals surface area (Å²) in [5.41, 5.74) is 5.56. The number of benzene rings is 2. The molecule has 6 nitrogen and oxygen atoms in total. The normalized spacial score (nSPS) is 11.0. The molecule has 6 heteroatoms. The lowest BCUT2D eigenvalue weighted by Gasteiger charge is -2.10. The lowest BCUT2D eigenvalue weighted by Crippen LogP contribution is -2.13. The van der Waals surface area contributed by atoms with Gasteiger partial charge in [-0.15, -0.1) is 0 Å². The van der Waals surface area contributed by atoms with Crippen molar-refractivity contribution in [3.63, 3.8) is 0 Å². The van der Waals surface area contributed by atoms with Crippen LogP contribution < -0.4 is 5.32 Å². The summed E-state index contributed by atoms with van der Waals surface area (Å²) >= 11 is 0. The third-order valence-electron chi connectivity index (χ3n) is 4.77. The van der Waals surface area contributed by atoms with Crippen LogP contribution in [0.1, 0.15) is 30.6 Å². The summed E-state index contributed by atoms with van der Waals surface area (Å²) in [6.45, 7) is 4.04. The molecule has 0 atom stereocenters. The Bertz CT molecular complexity index is 1230. The van der Waals surface area contributed by atoms with E-state index in [1.54, 1.807) is 23.0 Å². The highest BCUT2D eigenvalue weighted by atomic mass is 16.1. The van der Waals surface area contributed by atoms with Gasteiger partial charge < -0.3 is 5.32 Å². The minimum atomic E-state index is -0.00143. The van der Waals surface area contributed by atoms with E-state index < -0.39 is 0 Å². The van der Waals surface area contributed by atoms with Crippen LogP contribution in [-0.4, -0.2) is 26.8 Å². The fourth-order valence-electron chi connectivity index (χ4n) is 3.43. The molecule has 0 aliphatic carbocycles. The quantitative estimate of drug-likeness (QED) is 0.471. The second kappa shape index (κ2) is 8.29. The van der Waals surface area contributed by atoms with Crippen LogP contribution in [0.2, 0.25) is 0 Å². The summed E-state index contributed by atoms with van der Waals surface area (Å²) in [7, 11) is 0. The van der Waals surface area contributed by atoms with Gasteiger partial charge in [0.05, 0.1) is 11.9 Å². The monoisotopic (exact) mass is 398 g/mol. The average Bonchev–Trinajstić information content (AvgIpc) is 3.17. The molecular weight excluding hydrogens is 376 g/mol. The molecule has 2 aromatic carbocycles. The van der Waals surface area contributed by atoms with E-state index in [9.17, 15) is 9.59 Å². The van der Waals surface area contributed by atoms with Crippen LogP contribution in [0, 0.1) is 5.92 Å². The lowest BCUT2D eigenvalue weighted by molar-refractivity contribution is -0.116. The Morgan fingerprint density at radius 3 is 2.70 bits per heavy atom. The molecule has 0 fully saturated rings. The zero-order valence-electron chi connectivity index (χ0n) is 16.9. The van der Waals surface area contributed by atoms with Crippen molar-refractivity contribution in [3.8, 4) is 22.4 Å². The Morgan fingerprint density at radius 1 is 1.10 bits per heavy atom. The number of nitrogens with zero attached hydrogens (tertiary/aromatic N) is 3. The molecule has 0 bridgehead atoms. The van der Waals surface area contributed by atoms with Crippen molar-refractivity contribution >= 4 is 23.5 Å². The first kappa shape index (κ1) is 19.5. The van der Waals surface area contributed by atoms with Crippen molar-refractivity contribution in [2.24, 2.45) is 5.92 Å². The summed E-state index contributed by atoms with van der Waals surface area (Å²) in [5, 5.41) is 7.49. The van der Waals surface area contributed by atoms with Gasteiger partial charge in [-0.1, -0.05) is 44.2 Å². The number of amides is 1. The predicted molar refractivity (Wildman–Crippen MR) is 117 cm³/mol. The van der Waals surface area contributed by atoms with Gasteiger partial charge in [0.2, 0.25) is 5.91 Å². The van der Waals surface area contributed by atoms with Crippen molar-refractivity contribution in [3.05, 3.63) is 72.6 Å². The number of nitrogens with one attached hydrogen (secondary N) is 1. The molecule has 1 amide bonds. The van der Waals surface area contributed by atoms with E-state index >= 15 is 0 Å². The predicted octanol–water partition coefficient (Wildman–Crippen LogP) is 4.86. The maximum absolute atomic E-state index is 12.1. The second-order valence-corrected chi connectivity index (χ2v) is 7.59. The largest absolute Gasteiger partial charge is 0.326 e. The number of carbonyl (C=O) groups excluding carboxylic acids is 2. The standard InChI is InChI=1S/C24H22N4O2/c1-16(2)11-23(30)27-20-8-4-7-19(13-20)22-9-10-25-24-21(14-26-28(22)24)18-6-3-5-17(12-18)15-29/h3-10,12-16H,11H2,1-2H3,(H,27,30). The van der Waals surface area contributed by atoms with E-state index in [1.165, 1.54) is 0 Å². The van der Waals surface area contributed by atoms with Crippen molar-refractivity contribution in [1.29, 1.82) is 0 Å². The molecule has 4 rings (SSSR count). The second-order valence-electron chi connectivity index (χ2n) is 7.59. The molecule has 150 valence electrons. The highest BCUT2D eigenvalue weighted by Gasteiger charge is 2.13. The first-order valence-corrected chi connectivity index (χ1v) is 9.84. The van der Waals surface area contributed by atoms with E-state index in [4.69, 9.17) is 0 Å². The highest BCUT2D eigenvalue weighted by molar-refractivity contribution is 5.91. The highest BCUT2D eigenvalue weighted by Crippen LogP contribution is 2.28. The molecule has 0 spiro atoms. The number of aromatic nitrogens is 3. The van der Waals surface area contributed by atoms with Crippen LogP contribution >= 0.6 is 0 Å². The summed E-state index contributed by atoms with van der Waals surface area (Å²) < 4.78 is 1.78. The van der Waals surface area contributed by atoms with E-state index in [1.807, 2.05) is 62.4 Å². The molecule has 1 N–H and O–H groups in total. The van der Waals surface area contributed by atoms with Gasteiger partial charge in [-0.25, -0.2) is 9.50 Å². The molecule has 4 aromatic rings. The Morgan fingerprint density at radius 2 is 1.90 bits per heavy atom. The molecule has 2 heterocycles. The molecule has 0 saturated heterocycles. The van der Waals surface area contributed by atoms with Crippen molar-refractivity contribution in [2.45, 2.75) is 20.3 Å². The third-order valence-corrected chi connectivity index (χ3v) is 4.77. The Hall–Kier alpha value is -3.80. The van der Waals surface area contributed by atoms with E-state index in [-0.39, 0.29) is 5.91 Å². The third kappa shape index (κ3) is 3.98. The molecule has 0 radical (unpaired) electrons. The minimum absolute atomic E-state index is 0.00143.